The average Bonchev–Trinajstić information content (AvgIpc) is 2.34. The fraction of sp³-hybridized carbons (Fsp3) is 0.143. The van der Waals surface area contributed by atoms with Crippen molar-refractivity contribution in [3.8, 4) is 0 Å². The smallest absolute Gasteiger partial charge is 0.135 e. The Balaban J connectivity index is 2.56. The third-order valence-corrected chi connectivity index (χ3v) is 3.54. The van der Waals surface area contributed by atoms with Crippen molar-refractivity contribution in [2.75, 3.05) is 0 Å². The van der Waals surface area contributed by atoms with E-state index in [4.69, 9.17) is 0 Å². The molecule has 0 saturated heterocycles. The van der Waals surface area contributed by atoms with Gasteiger partial charge in [0.25, 0.3) is 0 Å². The molecule has 19 heavy (non-hydrogen) atoms. The lowest BCUT2D eigenvalue weighted by molar-refractivity contribution is 0.208. The van der Waals surface area contributed by atoms with Gasteiger partial charge in [-0.3, -0.25) is 0 Å². The fourth-order valence-corrected chi connectivity index (χ4v) is 2.38. The second kappa shape index (κ2) is 5.35. The SMILES string of the molecule is Cc1ccc(F)c(C(O)c2ccc(F)cc2Br)c1F. The number of hydrogen-bond acceptors (Lipinski definition) is 1. The van der Waals surface area contributed by atoms with Crippen LogP contribution in [-0.4, -0.2) is 5.11 Å². The molecule has 0 fully saturated rings. The first-order valence-electron chi connectivity index (χ1n) is 5.49. The Morgan fingerprint density at radius 3 is 2.42 bits per heavy atom. The Morgan fingerprint density at radius 1 is 1.11 bits per heavy atom. The molecule has 1 N–H and O–H groups in total. The molecule has 0 bridgehead atoms. The maximum Gasteiger partial charge on any atom is 0.135 e. The second-order valence-corrected chi connectivity index (χ2v) is 5.01. The van der Waals surface area contributed by atoms with E-state index in [0.717, 1.165) is 18.2 Å². The van der Waals surface area contributed by atoms with Gasteiger partial charge in [-0.2, -0.15) is 0 Å². The van der Waals surface area contributed by atoms with Crippen LogP contribution in [0.4, 0.5) is 13.2 Å². The standard InChI is InChI=1S/C14H10BrF3O/c1-7-2-5-11(17)12(13(7)18)14(19)9-4-3-8(16)6-10(9)15/h2-6,14,19H,1H3. The molecular formula is C14H10BrF3O. The average molecular weight is 331 g/mol. The van der Waals surface area contributed by atoms with Gasteiger partial charge in [-0.25, -0.2) is 13.2 Å². The topological polar surface area (TPSA) is 20.2 Å². The molecule has 0 aromatic heterocycles. The van der Waals surface area contributed by atoms with Crippen LogP contribution in [0.1, 0.15) is 22.8 Å². The van der Waals surface area contributed by atoms with E-state index in [2.05, 4.69) is 15.9 Å². The van der Waals surface area contributed by atoms with Gasteiger partial charge >= 0.3 is 0 Å². The molecule has 5 heteroatoms. The summed E-state index contributed by atoms with van der Waals surface area (Å²) in [6, 6.07) is 5.92. The van der Waals surface area contributed by atoms with Crippen molar-refractivity contribution in [3.63, 3.8) is 0 Å². The molecule has 2 rings (SSSR count). The molecule has 2 aromatic rings. The van der Waals surface area contributed by atoms with Gasteiger partial charge in [0.05, 0.1) is 5.56 Å². The Hall–Kier alpha value is -1.33. The van der Waals surface area contributed by atoms with Crippen LogP contribution in [0, 0.1) is 24.4 Å². The highest BCUT2D eigenvalue weighted by molar-refractivity contribution is 9.10. The van der Waals surface area contributed by atoms with Crippen molar-refractivity contribution in [1.29, 1.82) is 0 Å². The molecule has 100 valence electrons. The summed E-state index contributed by atoms with van der Waals surface area (Å²) in [5.74, 6) is -2.15. The van der Waals surface area contributed by atoms with Crippen molar-refractivity contribution in [3.05, 3.63) is 68.9 Å². The first-order valence-corrected chi connectivity index (χ1v) is 6.28. The third kappa shape index (κ3) is 2.67. The minimum atomic E-state index is -1.50. The number of aliphatic hydroxyl groups is 1. The summed E-state index contributed by atoms with van der Waals surface area (Å²) in [6.07, 6.45) is -1.50. The minimum absolute atomic E-state index is 0.199. The van der Waals surface area contributed by atoms with E-state index in [0.29, 0.717) is 0 Å². The first kappa shape index (κ1) is 14.1. The summed E-state index contributed by atoms with van der Waals surface area (Å²) in [5.41, 5.74) is -0.00853. The number of hydrogen-bond donors (Lipinski definition) is 1. The zero-order chi connectivity index (χ0) is 14.2. The van der Waals surface area contributed by atoms with Crippen LogP contribution >= 0.6 is 15.9 Å². The number of halogens is 4. The number of rotatable bonds is 2. The zero-order valence-electron chi connectivity index (χ0n) is 9.92. The summed E-state index contributed by atoms with van der Waals surface area (Å²) >= 11 is 3.07. The van der Waals surface area contributed by atoms with Crippen LogP contribution in [-0.2, 0) is 0 Å². The van der Waals surface area contributed by atoms with Crippen LogP contribution in [0.3, 0.4) is 0 Å². The van der Waals surface area contributed by atoms with E-state index in [9.17, 15) is 18.3 Å². The molecule has 0 amide bonds. The first-order chi connectivity index (χ1) is 8.91. The summed E-state index contributed by atoms with van der Waals surface area (Å²) in [4.78, 5) is 0. The third-order valence-electron chi connectivity index (χ3n) is 2.85. The lowest BCUT2D eigenvalue weighted by Crippen LogP contribution is -2.08. The summed E-state index contributed by atoms with van der Waals surface area (Å²) < 4.78 is 40.8. The Labute approximate surface area is 116 Å². The summed E-state index contributed by atoms with van der Waals surface area (Å²) in [6.45, 7) is 1.48. The Morgan fingerprint density at radius 2 is 1.79 bits per heavy atom. The maximum absolute atomic E-state index is 13.9. The lowest BCUT2D eigenvalue weighted by atomic mass is 9.98. The van der Waals surface area contributed by atoms with Gasteiger partial charge in [0.15, 0.2) is 0 Å². The second-order valence-electron chi connectivity index (χ2n) is 4.16. The molecule has 0 spiro atoms. The van der Waals surface area contributed by atoms with E-state index >= 15 is 0 Å². The van der Waals surface area contributed by atoms with Crippen LogP contribution in [0.2, 0.25) is 0 Å². The van der Waals surface area contributed by atoms with Gasteiger partial charge in [0.2, 0.25) is 0 Å². The molecule has 1 nitrogen and oxygen atoms in total. The van der Waals surface area contributed by atoms with Crippen molar-refractivity contribution >= 4 is 15.9 Å². The Kier molecular flexibility index (Phi) is 3.96. The zero-order valence-corrected chi connectivity index (χ0v) is 11.5. The van der Waals surface area contributed by atoms with E-state index in [-0.39, 0.29) is 15.6 Å². The molecule has 2 aromatic carbocycles. The molecule has 0 aliphatic heterocycles. The molecule has 1 atom stereocenters. The number of aliphatic hydroxyl groups excluding tert-OH is 1. The summed E-state index contributed by atoms with van der Waals surface area (Å²) in [7, 11) is 0. The van der Waals surface area contributed by atoms with E-state index in [1.165, 1.54) is 19.1 Å². The highest BCUT2D eigenvalue weighted by Crippen LogP contribution is 2.32. The van der Waals surface area contributed by atoms with Crippen molar-refractivity contribution < 1.29 is 18.3 Å². The summed E-state index contributed by atoms with van der Waals surface area (Å²) in [5, 5.41) is 10.1. The molecule has 0 aliphatic rings. The van der Waals surface area contributed by atoms with E-state index < -0.39 is 29.1 Å². The van der Waals surface area contributed by atoms with E-state index in [1.54, 1.807) is 0 Å². The largest absolute Gasteiger partial charge is 0.383 e. The van der Waals surface area contributed by atoms with Gasteiger partial charge in [-0.15, -0.1) is 0 Å². The quantitative estimate of drug-likeness (QED) is 0.872. The van der Waals surface area contributed by atoms with E-state index in [1.807, 2.05) is 0 Å². The van der Waals surface area contributed by atoms with Gasteiger partial charge in [0, 0.05) is 4.47 Å². The fourth-order valence-electron chi connectivity index (χ4n) is 1.81. The van der Waals surface area contributed by atoms with Crippen molar-refractivity contribution in [1.82, 2.24) is 0 Å². The highest BCUT2D eigenvalue weighted by Gasteiger charge is 2.22. The monoisotopic (exact) mass is 330 g/mol. The Bertz CT molecular complexity index is 628. The molecule has 0 aliphatic carbocycles. The predicted molar refractivity (Wildman–Crippen MR) is 69.3 cm³/mol. The predicted octanol–water partition coefficient (Wildman–Crippen LogP) is 4.26. The van der Waals surface area contributed by atoms with Crippen molar-refractivity contribution in [2.24, 2.45) is 0 Å². The van der Waals surface area contributed by atoms with Crippen LogP contribution in [0.15, 0.2) is 34.8 Å². The van der Waals surface area contributed by atoms with Crippen LogP contribution in [0.5, 0.6) is 0 Å². The molecule has 1 unspecified atom stereocenters. The normalized spacial score (nSPS) is 12.5. The lowest BCUT2D eigenvalue weighted by Gasteiger charge is -2.16. The van der Waals surface area contributed by atoms with Gasteiger partial charge in [-0.1, -0.05) is 28.1 Å². The molecule has 0 heterocycles. The van der Waals surface area contributed by atoms with Crippen LogP contribution in [0.25, 0.3) is 0 Å². The van der Waals surface area contributed by atoms with Crippen LogP contribution < -0.4 is 0 Å². The van der Waals surface area contributed by atoms with Gasteiger partial charge in [-0.05, 0) is 36.2 Å². The molecule has 0 saturated carbocycles. The minimum Gasteiger partial charge on any atom is -0.383 e. The molecule has 0 radical (unpaired) electrons. The van der Waals surface area contributed by atoms with Crippen molar-refractivity contribution in [2.45, 2.75) is 13.0 Å². The number of benzene rings is 2. The maximum atomic E-state index is 13.9. The number of aryl methyl sites for hydroxylation is 1. The molecular weight excluding hydrogens is 321 g/mol. The highest BCUT2D eigenvalue weighted by atomic mass is 79.9. The van der Waals surface area contributed by atoms with Gasteiger partial charge in [0.1, 0.15) is 23.6 Å². The van der Waals surface area contributed by atoms with Gasteiger partial charge < -0.3 is 5.11 Å².